The Hall–Kier alpha value is -1.50. The zero-order valence-electron chi connectivity index (χ0n) is 12.8. The van der Waals surface area contributed by atoms with Crippen LogP contribution in [0.3, 0.4) is 0 Å². The van der Waals surface area contributed by atoms with Crippen molar-refractivity contribution in [3.63, 3.8) is 0 Å². The highest BCUT2D eigenvalue weighted by atomic mass is 32.1. The van der Waals surface area contributed by atoms with Gasteiger partial charge in [0.2, 0.25) is 5.06 Å². The molecule has 0 saturated carbocycles. The van der Waals surface area contributed by atoms with Crippen molar-refractivity contribution in [2.45, 2.75) is 51.7 Å². The number of carbonyl (C=O) groups is 1. The van der Waals surface area contributed by atoms with E-state index in [9.17, 15) is 4.79 Å². The van der Waals surface area contributed by atoms with Gasteiger partial charge in [-0.05, 0) is 33.6 Å². The minimum atomic E-state index is -0.462. The van der Waals surface area contributed by atoms with E-state index < -0.39 is 5.60 Å². The van der Waals surface area contributed by atoms with E-state index in [-0.39, 0.29) is 12.2 Å². The first-order valence-electron chi connectivity index (χ1n) is 7.20. The first-order chi connectivity index (χ1) is 9.85. The first kappa shape index (κ1) is 15.9. The molecule has 0 aliphatic carbocycles. The minimum Gasteiger partial charge on any atom is -0.478 e. The van der Waals surface area contributed by atoms with Crippen LogP contribution in [-0.4, -0.2) is 40.2 Å². The van der Waals surface area contributed by atoms with Gasteiger partial charge in [-0.1, -0.05) is 0 Å². The number of hydrogen-bond acceptors (Lipinski definition) is 6. The molecule has 2 heterocycles. The fourth-order valence-electron chi connectivity index (χ4n) is 2.17. The standard InChI is InChI=1S/C14H23N3O3S/c1-14(2,3)20-13(18)17-7-4-5-10(6-8-17)19-12-11(15)9-16-21-12/h9-10H,4-8,15H2,1-3H3. The molecule has 0 spiro atoms. The van der Waals surface area contributed by atoms with E-state index in [0.717, 1.165) is 19.3 Å². The molecular weight excluding hydrogens is 290 g/mol. The molecule has 118 valence electrons. The van der Waals surface area contributed by atoms with Crippen molar-refractivity contribution in [1.29, 1.82) is 0 Å². The lowest BCUT2D eigenvalue weighted by molar-refractivity contribution is 0.0252. The van der Waals surface area contributed by atoms with E-state index in [1.165, 1.54) is 11.5 Å². The fourth-order valence-corrected chi connectivity index (χ4v) is 2.77. The van der Waals surface area contributed by atoms with Gasteiger partial charge in [-0.15, -0.1) is 0 Å². The molecule has 2 N–H and O–H groups in total. The van der Waals surface area contributed by atoms with Crippen molar-refractivity contribution in [2.24, 2.45) is 0 Å². The van der Waals surface area contributed by atoms with Gasteiger partial charge in [0, 0.05) is 31.0 Å². The lowest BCUT2D eigenvalue weighted by atomic mass is 10.2. The third-order valence-electron chi connectivity index (χ3n) is 3.16. The van der Waals surface area contributed by atoms with Gasteiger partial charge in [-0.2, -0.15) is 4.37 Å². The predicted octanol–water partition coefficient (Wildman–Crippen LogP) is 2.89. The molecule has 1 saturated heterocycles. The highest BCUT2D eigenvalue weighted by Crippen LogP contribution is 2.29. The van der Waals surface area contributed by atoms with Gasteiger partial charge >= 0.3 is 6.09 Å². The van der Waals surface area contributed by atoms with Crippen molar-refractivity contribution in [3.8, 4) is 5.06 Å². The topological polar surface area (TPSA) is 77.7 Å². The summed E-state index contributed by atoms with van der Waals surface area (Å²) < 4.78 is 15.3. The normalized spacial score (nSPS) is 20.0. The van der Waals surface area contributed by atoms with Crippen molar-refractivity contribution in [1.82, 2.24) is 9.27 Å². The number of nitrogen functional groups attached to an aromatic ring is 1. The van der Waals surface area contributed by atoms with Crippen LogP contribution in [-0.2, 0) is 4.74 Å². The number of ether oxygens (including phenoxy) is 2. The first-order valence-corrected chi connectivity index (χ1v) is 7.97. The van der Waals surface area contributed by atoms with Crippen molar-refractivity contribution >= 4 is 23.3 Å². The number of nitrogens with two attached hydrogens (primary N) is 1. The zero-order chi connectivity index (χ0) is 15.5. The number of amides is 1. The second-order valence-corrected chi connectivity index (χ2v) is 6.97. The number of carbonyl (C=O) groups excluding carboxylic acids is 1. The molecule has 0 radical (unpaired) electrons. The molecule has 1 aromatic rings. The third-order valence-corrected chi connectivity index (χ3v) is 3.87. The molecule has 6 nitrogen and oxygen atoms in total. The van der Waals surface area contributed by atoms with Crippen LogP contribution in [0, 0.1) is 0 Å². The van der Waals surface area contributed by atoms with Crippen molar-refractivity contribution < 1.29 is 14.3 Å². The Bertz CT molecular complexity index is 484. The molecule has 1 aliphatic heterocycles. The van der Waals surface area contributed by atoms with Crippen LogP contribution < -0.4 is 10.5 Å². The third kappa shape index (κ3) is 4.77. The van der Waals surface area contributed by atoms with Crippen LogP contribution in [0.4, 0.5) is 10.5 Å². The summed E-state index contributed by atoms with van der Waals surface area (Å²) in [6.45, 7) is 6.97. The Labute approximate surface area is 129 Å². The summed E-state index contributed by atoms with van der Waals surface area (Å²) in [7, 11) is 0. The number of hydrogen-bond donors (Lipinski definition) is 1. The molecule has 1 aromatic heterocycles. The van der Waals surface area contributed by atoms with Crippen LogP contribution in [0.1, 0.15) is 40.0 Å². The molecular formula is C14H23N3O3S. The molecule has 2 rings (SSSR count). The SMILES string of the molecule is CC(C)(C)OC(=O)N1CCCC(Oc2sncc2N)CC1. The summed E-state index contributed by atoms with van der Waals surface area (Å²) in [5.74, 6) is 0. The van der Waals surface area contributed by atoms with Gasteiger partial charge in [-0.25, -0.2) is 4.79 Å². The summed E-state index contributed by atoms with van der Waals surface area (Å²) >= 11 is 1.26. The fraction of sp³-hybridized carbons (Fsp3) is 0.714. The van der Waals surface area contributed by atoms with Gasteiger partial charge in [0.15, 0.2) is 0 Å². The van der Waals surface area contributed by atoms with E-state index >= 15 is 0 Å². The molecule has 7 heteroatoms. The summed E-state index contributed by atoms with van der Waals surface area (Å²) in [5, 5.41) is 0.672. The quantitative estimate of drug-likeness (QED) is 0.908. The van der Waals surface area contributed by atoms with Crippen molar-refractivity contribution in [3.05, 3.63) is 6.20 Å². The molecule has 1 aliphatic rings. The highest BCUT2D eigenvalue weighted by molar-refractivity contribution is 7.08. The van der Waals surface area contributed by atoms with E-state index in [1.807, 2.05) is 20.8 Å². The number of likely N-dealkylation sites (tertiary alicyclic amines) is 1. The van der Waals surface area contributed by atoms with E-state index in [0.29, 0.717) is 23.8 Å². The largest absolute Gasteiger partial charge is 0.478 e. The van der Waals surface area contributed by atoms with Gasteiger partial charge in [0.25, 0.3) is 0 Å². The summed E-state index contributed by atoms with van der Waals surface area (Å²) in [5.41, 5.74) is 5.90. The van der Waals surface area contributed by atoms with Crippen LogP contribution in [0.2, 0.25) is 0 Å². The van der Waals surface area contributed by atoms with Gasteiger partial charge in [0.1, 0.15) is 17.4 Å². The number of aromatic nitrogens is 1. The lowest BCUT2D eigenvalue weighted by Gasteiger charge is -2.26. The summed E-state index contributed by atoms with van der Waals surface area (Å²) in [4.78, 5) is 13.8. The van der Waals surface area contributed by atoms with E-state index in [2.05, 4.69) is 4.37 Å². The van der Waals surface area contributed by atoms with Crippen LogP contribution >= 0.6 is 11.5 Å². The predicted molar refractivity (Wildman–Crippen MR) is 82.6 cm³/mol. The zero-order valence-corrected chi connectivity index (χ0v) is 13.6. The van der Waals surface area contributed by atoms with Gasteiger partial charge in [-0.3, -0.25) is 0 Å². The average Bonchev–Trinajstić information content (AvgIpc) is 2.62. The molecule has 21 heavy (non-hydrogen) atoms. The summed E-state index contributed by atoms with van der Waals surface area (Å²) in [6, 6.07) is 0. The Morgan fingerprint density at radius 1 is 1.43 bits per heavy atom. The molecule has 1 unspecified atom stereocenters. The summed E-state index contributed by atoms with van der Waals surface area (Å²) in [6.07, 6.45) is 3.99. The Morgan fingerprint density at radius 3 is 2.81 bits per heavy atom. The lowest BCUT2D eigenvalue weighted by Crippen LogP contribution is -2.37. The minimum absolute atomic E-state index is 0.0696. The maximum atomic E-state index is 12.1. The Morgan fingerprint density at radius 2 is 2.19 bits per heavy atom. The van der Waals surface area contributed by atoms with E-state index in [1.54, 1.807) is 11.1 Å². The highest BCUT2D eigenvalue weighted by Gasteiger charge is 2.26. The van der Waals surface area contributed by atoms with Crippen LogP contribution in [0.5, 0.6) is 5.06 Å². The maximum absolute atomic E-state index is 12.1. The maximum Gasteiger partial charge on any atom is 0.410 e. The molecule has 1 amide bonds. The van der Waals surface area contributed by atoms with Gasteiger partial charge in [0.05, 0.1) is 6.20 Å². The van der Waals surface area contributed by atoms with Crippen molar-refractivity contribution in [2.75, 3.05) is 18.8 Å². The second-order valence-electron chi connectivity index (χ2n) is 6.21. The average molecular weight is 313 g/mol. The van der Waals surface area contributed by atoms with Gasteiger partial charge < -0.3 is 20.1 Å². The Balaban J connectivity index is 1.87. The molecule has 1 fully saturated rings. The smallest absolute Gasteiger partial charge is 0.410 e. The molecule has 1 atom stereocenters. The van der Waals surface area contributed by atoms with Crippen LogP contribution in [0.15, 0.2) is 6.20 Å². The Kier molecular flexibility index (Phi) is 4.92. The number of nitrogens with zero attached hydrogens (tertiary/aromatic N) is 2. The number of anilines is 1. The monoisotopic (exact) mass is 313 g/mol. The number of rotatable bonds is 2. The molecule has 0 bridgehead atoms. The van der Waals surface area contributed by atoms with Crippen LogP contribution in [0.25, 0.3) is 0 Å². The van der Waals surface area contributed by atoms with E-state index in [4.69, 9.17) is 15.2 Å². The second kappa shape index (κ2) is 6.51. The molecule has 0 aromatic carbocycles.